The predicted octanol–water partition coefficient (Wildman–Crippen LogP) is 6.26. The highest BCUT2D eigenvalue weighted by Gasteiger charge is 2.23. The molecule has 0 radical (unpaired) electrons. The molecule has 3 rings (SSSR count). The van der Waals surface area contributed by atoms with Crippen molar-refractivity contribution in [3.8, 4) is 17.3 Å². The minimum Gasteiger partial charge on any atom is -0.439 e. The number of aliphatic hydroxyl groups is 1. The van der Waals surface area contributed by atoms with Gasteiger partial charge in [-0.1, -0.05) is 63.1 Å². The van der Waals surface area contributed by atoms with Gasteiger partial charge in [0.2, 0.25) is 5.88 Å². The fraction of sp³-hybridized carbons (Fsp3) is 0.464. The fourth-order valence-electron chi connectivity index (χ4n) is 3.97. The van der Waals surface area contributed by atoms with Crippen molar-refractivity contribution >= 4 is 11.6 Å². The van der Waals surface area contributed by atoms with Crippen LogP contribution in [0.2, 0.25) is 5.02 Å². The molecule has 0 unspecified atom stereocenters. The number of unbranched alkanes of at least 4 members (excludes halogenated alkanes) is 1. The third-order valence-electron chi connectivity index (χ3n) is 5.57. The van der Waals surface area contributed by atoms with Crippen molar-refractivity contribution in [2.75, 3.05) is 26.3 Å². The van der Waals surface area contributed by atoms with E-state index in [1.54, 1.807) is 4.68 Å². The Bertz CT molecular complexity index is 1040. The molecule has 0 aliphatic rings. The van der Waals surface area contributed by atoms with Crippen LogP contribution in [0.5, 0.6) is 11.6 Å². The van der Waals surface area contributed by atoms with E-state index in [4.69, 9.17) is 26.2 Å². The van der Waals surface area contributed by atoms with Crippen LogP contribution in [0.3, 0.4) is 0 Å². The molecule has 0 amide bonds. The lowest BCUT2D eigenvalue weighted by Crippen LogP contribution is -2.37. The maximum atomic E-state index is 10.7. The number of halogens is 1. The van der Waals surface area contributed by atoms with Crippen LogP contribution < -0.4 is 4.74 Å². The Morgan fingerprint density at radius 1 is 1.09 bits per heavy atom. The third-order valence-corrected chi connectivity index (χ3v) is 5.81. The molecule has 0 fully saturated rings. The molecule has 0 aliphatic carbocycles. The zero-order chi connectivity index (χ0) is 25.2. The minimum atomic E-state index is -0.563. The van der Waals surface area contributed by atoms with E-state index >= 15 is 0 Å². The summed E-state index contributed by atoms with van der Waals surface area (Å²) < 4.78 is 13.9. The summed E-state index contributed by atoms with van der Waals surface area (Å²) in [4.78, 5) is 2.25. The molecule has 1 N–H and O–H groups in total. The summed E-state index contributed by atoms with van der Waals surface area (Å²) in [6.07, 6.45) is 1.52. The van der Waals surface area contributed by atoms with Crippen LogP contribution in [0, 0.1) is 12.8 Å². The number of para-hydroxylation sites is 1. The second kappa shape index (κ2) is 13.6. The first-order chi connectivity index (χ1) is 16.9. The van der Waals surface area contributed by atoms with E-state index in [9.17, 15) is 5.11 Å². The molecule has 0 saturated carbocycles. The van der Waals surface area contributed by atoms with Gasteiger partial charge in [-0.3, -0.25) is 4.90 Å². The van der Waals surface area contributed by atoms with Crippen molar-refractivity contribution in [2.24, 2.45) is 5.92 Å². The van der Waals surface area contributed by atoms with Gasteiger partial charge >= 0.3 is 0 Å². The molecule has 190 valence electrons. The molecule has 1 aromatic heterocycles. The molecular weight excluding hydrogens is 462 g/mol. The van der Waals surface area contributed by atoms with Gasteiger partial charge in [0.25, 0.3) is 0 Å². The van der Waals surface area contributed by atoms with Crippen LogP contribution in [-0.4, -0.2) is 52.2 Å². The molecule has 0 aliphatic heterocycles. The molecule has 0 bridgehead atoms. The number of aryl methyl sites for hydroxylation is 1. The molecule has 1 heterocycles. The standard InChI is InChI=1S/C28H38ClN3O3/c1-5-6-15-34-20-25(33)18-31(17-21(2)3)19-27-22(4)30-32(24-12-10-11-23(29)16-24)28(27)35-26-13-8-7-9-14-26/h7-14,16,21,25,33H,5-6,15,17-20H2,1-4H3/t25-/m0/s1. The van der Waals surface area contributed by atoms with Gasteiger partial charge in [-0.2, -0.15) is 5.10 Å². The Kier molecular flexibility index (Phi) is 10.6. The molecule has 7 heteroatoms. The van der Waals surface area contributed by atoms with Crippen molar-refractivity contribution in [1.29, 1.82) is 0 Å². The number of rotatable bonds is 14. The normalized spacial score (nSPS) is 12.5. The van der Waals surface area contributed by atoms with E-state index in [1.807, 2.05) is 61.5 Å². The number of ether oxygens (including phenoxy) is 2. The maximum absolute atomic E-state index is 10.7. The quantitative estimate of drug-likeness (QED) is 0.265. The van der Waals surface area contributed by atoms with Gasteiger partial charge in [-0.15, -0.1) is 0 Å². The van der Waals surface area contributed by atoms with Crippen molar-refractivity contribution in [3.05, 3.63) is 70.9 Å². The molecular formula is C28H38ClN3O3. The minimum absolute atomic E-state index is 0.336. The number of nitrogens with zero attached hydrogens (tertiary/aromatic N) is 3. The summed E-state index contributed by atoms with van der Waals surface area (Å²) in [6.45, 7) is 11.4. The summed E-state index contributed by atoms with van der Waals surface area (Å²) >= 11 is 6.28. The largest absolute Gasteiger partial charge is 0.439 e. The average molecular weight is 500 g/mol. The van der Waals surface area contributed by atoms with Gasteiger partial charge < -0.3 is 14.6 Å². The number of aliphatic hydroxyl groups excluding tert-OH is 1. The average Bonchev–Trinajstić information content (AvgIpc) is 3.12. The maximum Gasteiger partial charge on any atom is 0.227 e. The highest BCUT2D eigenvalue weighted by Crippen LogP contribution is 2.32. The van der Waals surface area contributed by atoms with Gasteiger partial charge in [0.15, 0.2) is 0 Å². The summed E-state index contributed by atoms with van der Waals surface area (Å²) in [5.41, 5.74) is 2.68. The second-order valence-electron chi connectivity index (χ2n) is 9.35. The first kappa shape index (κ1) is 27.2. The summed E-state index contributed by atoms with van der Waals surface area (Å²) in [7, 11) is 0. The van der Waals surface area contributed by atoms with Crippen LogP contribution in [0.4, 0.5) is 0 Å². The second-order valence-corrected chi connectivity index (χ2v) is 9.78. The van der Waals surface area contributed by atoms with E-state index in [1.165, 1.54) is 0 Å². The van der Waals surface area contributed by atoms with Crippen LogP contribution in [0.25, 0.3) is 5.69 Å². The Balaban J connectivity index is 1.90. The smallest absolute Gasteiger partial charge is 0.227 e. The van der Waals surface area contributed by atoms with E-state index in [-0.39, 0.29) is 0 Å². The third kappa shape index (κ3) is 8.36. The van der Waals surface area contributed by atoms with Crippen LogP contribution in [0.1, 0.15) is 44.9 Å². The molecule has 0 saturated heterocycles. The fourth-order valence-corrected chi connectivity index (χ4v) is 4.15. The molecule has 6 nitrogen and oxygen atoms in total. The predicted molar refractivity (Wildman–Crippen MR) is 142 cm³/mol. The Morgan fingerprint density at radius 3 is 2.54 bits per heavy atom. The summed E-state index contributed by atoms with van der Waals surface area (Å²) in [5, 5.41) is 16.1. The molecule has 3 aromatic rings. The molecule has 1 atom stereocenters. The first-order valence-corrected chi connectivity index (χ1v) is 12.8. The lowest BCUT2D eigenvalue weighted by molar-refractivity contribution is 0.0123. The zero-order valence-electron chi connectivity index (χ0n) is 21.3. The van der Waals surface area contributed by atoms with Crippen molar-refractivity contribution in [3.63, 3.8) is 0 Å². The van der Waals surface area contributed by atoms with Gasteiger partial charge in [0.05, 0.1) is 29.7 Å². The number of aromatic nitrogens is 2. The van der Waals surface area contributed by atoms with Crippen LogP contribution in [-0.2, 0) is 11.3 Å². The topological polar surface area (TPSA) is 59.8 Å². The monoisotopic (exact) mass is 499 g/mol. The highest BCUT2D eigenvalue weighted by molar-refractivity contribution is 6.30. The van der Waals surface area contributed by atoms with Crippen molar-refractivity contribution in [1.82, 2.24) is 14.7 Å². The lowest BCUT2D eigenvalue weighted by Gasteiger charge is -2.27. The van der Waals surface area contributed by atoms with Gasteiger partial charge in [0, 0.05) is 31.3 Å². The Morgan fingerprint density at radius 2 is 1.86 bits per heavy atom. The van der Waals surface area contributed by atoms with Gasteiger partial charge in [-0.25, -0.2) is 4.68 Å². The Hall–Kier alpha value is -2.38. The molecule has 0 spiro atoms. The van der Waals surface area contributed by atoms with E-state index < -0.39 is 6.10 Å². The molecule has 2 aromatic carbocycles. The van der Waals surface area contributed by atoms with E-state index in [0.29, 0.717) is 43.1 Å². The highest BCUT2D eigenvalue weighted by atomic mass is 35.5. The van der Waals surface area contributed by atoms with E-state index in [0.717, 1.165) is 42.1 Å². The summed E-state index contributed by atoms with van der Waals surface area (Å²) in [5.74, 6) is 1.82. The summed E-state index contributed by atoms with van der Waals surface area (Å²) in [6, 6.07) is 17.3. The number of benzene rings is 2. The number of hydrogen-bond donors (Lipinski definition) is 1. The van der Waals surface area contributed by atoms with Crippen molar-refractivity contribution < 1.29 is 14.6 Å². The van der Waals surface area contributed by atoms with Crippen molar-refractivity contribution in [2.45, 2.75) is 53.2 Å². The van der Waals surface area contributed by atoms with Gasteiger partial charge in [0.1, 0.15) is 5.75 Å². The Labute approximate surface area is 214 Å². The SMILES string of the molecule is CCCCOC[C@@H](O)CN(Cc1c(C)nn(-c2cccc(Cl)c2)c1Oc1ccccc1)CC(C)C. The number of hydrogen-bond acceptors (Lipinski definition) is 5. The lowest BCUT2D eigenvalue weighted by atomic mass is 10.1. The van der Waals surface area contributed by atoms with Crippen LogP contribution in [0.15, 0.2) is 54.6 Å². The van der Waals surface area contributed by atoms with Crippen LogP contribution >= 0.6 is 11.6 Å². The van der Waals surface area contributed by atoms with E-state index in [2.05, 4.69) is 25.7 Å². The zero-order valence-corrected chi connectivity index (χ0v) is 22.0. The molecule has 35 heavy (non-hydrogen) atoms. The van der Waals surface area contributed by atoms with Gasteiger partial charge in [-0.05, 0) is 49.6 Å². The first-order valence-electron chi connectivity index (χ1n) is 12.4.